The Morgan fingerprint density at radius 3 is 1.21 bits per heavy atom. The Balaban J connectivity index is 1.26. The summed E-state index contributed by atoms with van der Waals surface area (Å²) in [6.07, 6.45) is -4.85. The topological polar surface area (TPSA) is 84.6 Å². The number of hydrogen-bond donors (Lipinski definition) is 0. The van der Waals surface area contributed by atoms with Crippen molar-refractivity contribution in [1.29, 1.82) is 5.26 Å². The molecule has 12 aromatic rings. The molecule has 0 radical (unpaired) electrons. The van der Waals surface area contributed by atoms with E-state index in [9.17, 15) is 5.26 Å². The summed E-state index contributed by atoms with van der Waals surface area (Å²) in [6, 6.07) is 72.8. The van der Waals surface area contributed by atoms with Crippen molar-refractivity contribution in [2.75, 3.05) is 0 Å². The molecule has 0 atom stereocenters. The molecule has 0 saturated heterocycles. The van der Waals surface area contributed by atoms with Crippen LogP contribution in [0.1, 0.15) is 11.1 Å². The summed E-state index contributed by atoms with van der Waals surface area (Å²) in [5.74, 6) is 0.0782. The van der Waals surface area contributed by atoms with Crippen LogP contribution in [0, 0.1) is 17.9 Å². The maximum atomic E-state index is 15.9. The largest absolute Gasteiger partial charge is 0.416 e. The van der Waals surface area contributed by atoms with Gasteiger partial charge in [0, 0.05) is 44.2 Å². The number of nitriles is 1. The van der Waals surface area contributed by atoms with Gasteiger partial charge in [-0.05, 0) is 76.9 Å². The quantitative estimate of drug-likeness (QED) is 0.135. The first-order valence-electron chi connectivity index (χ1n) is 24.0. The molecule has 0 spiro atoms. The van der Waals surface area contributed by atoms with Gasteiger partial charge in [-0.15, -0.1) is 0 Å². The molecule has 0 unspecified atom stereocenters. The average Bonchev–Trinajstić information content (AvgIpc) is 3.89. The second-order valence-electron chi connectivity index (χ2n) is 17.9. The summed E-state index contributed by atoms with van der Waals surface area (Å²) in [7, 11) is 0. The molecule has 75 heavy (non-hydrogen) atoms. The maximum absolute atomic E-state index is 15.9. The zero-order valence-electron chi connectivity index (χ0n) is 39.7. The van der Waals surface area contributed by atoms with Crippen molar-refractivity contribution in [3.63, 3.8) is 0 Å². The fourth-order valence-electron chi connectivity index (χ4n) is 9.79. The van der Waals surface area contributed by atoms with E-state index in [4.69, 9.17) is 26.5 Å². The highest BCUT2D eigenvalue weighted by atomic mass is 19.4. The highest BCUT2D eigenvalue weighted by Gasteiger charge is 2.35. The normalized spacial score (nSPS) is 11.4. The molecule has 3 heterocycles. The third-order valence-corrected chi connectivity index (χ3v) is 13.3. The Kier molecular flexibility index (Phi) is 11.6. The van der Waals surface area contributed by atoms with Crippen LogP contribution in [0.4, 0.5) is 18.9 Å². The smallest absolute Gasteiger partial charge is 0.308 e. The standard InChI is InChI=1S/C65H38F3N7/c1-70-55-29-17-16-28-50(55)46-31-33-61-52(35-46)51-34-45(49-27-15-14-26-47(49)40-69)30-32-60(51)75(61)62-53(63-71-56(41-18-6-2-7-19-41)38-57(72-63)42-20-8-3-9-21-42)36-48(65(66,67)68)37-54(62)64-73-58(43-22-10-4-11-23-43)39-59(74-64)44-24-12-5-13-25-44/h2-39H. The van der Waals surface area contributed by atoms with Crippen molar-refractivity contribution in [3.8, 4) is 102 Å². The Hall–Kier alpha value is -10.3. The highest BCUT2D eigenvalue weighted by molar-refractivity contribution is 6.13. The van der Waals surface area contributed by atoms with Gasteiger partial charge >= 0.3 is 6.18 Å². The van der Waals surface area contributed by atoms with E-state index in [0.717, 1.165) is 61.8 Å². The minimum Gasteiger partial charge on any atom is -0.308 e. The summed E-state index contributed by atoms with van der Waals surface area (Å²) < 4.78 is 49.8. The Morgan fingerprint density at radius 2 is 0.800 bits per heavy atom. The summed E-state index contributed by atoms with van der Waals surface area (Å²) in [5, 5.41) is 11.8. The van der Waals surface area contributed by atoms with E-state index in [1.54, 1.807) is 12.1 Å². The number of benzene rings is 9. The van der Waals surface area contributed by atoms with Crippen molar-refractivity contribution >= 4 is 27.5 Å². The first-order valence-corrected chi connectivity index (χ1v) is 24.0. The van der Waals surface area contributed by atoms with Crippen LogP contribution < -0.4 is 0 Å². The van der Waals surface area contributed by atoms with Crippen LogP contribution in [-0.4, -0.2) is 24.5 Å². The van der Waals surface area contributed by atoms with Crippen molar-refractivity contribution in [2.24, 2.45) is 0 Å². The molecule has 0 aliphatic rings. The molecule has 354 valence electrons. The fourth-order valence-corrected chi connectivity index (χ4v) is 9.79. The van der Waals surface area contributed by atoms with Gasteiger partial charge in [0.15, 0.2) is 17.3 Å². The van der Waals surface area contributed by atoms with Crippen LogP contribution in [0.15, 0.2) is 231 Å². The van der Waals surface area contributed by atoms with Gasteiger partial charge in [0.25, 0.3) is 0 Å². The van der Waals surface area contributed by atoms with Gasteiger partial charge in [0.2, 0.25) is 0 Å². The van der Waals surface area contributed by atoms with Gasteiger partial charge in [-0.1, -0.05) is 176 Å². The molecule has 9 aromatic carbocycles. The zero-order valence-corrected chi connectivity index (χ0v) is 39.7. The van der Waals surface area contributed by atoms with E-state index in [1.807, 2.05) is 211 Å². The first kappa shape index (κ1) is 45.8. The predicted octanol–water partition coefficient (Wildman–Crippen LogP) is 17.1. The number of alkyl halides is 3. The number of nitrogens with zero attached hydrogens (tertiary/aromatic N) is 7. The van der Waals surface area contributed by atoms with Crippen molar-refractivity contribution < 1.29 is 13.2 Å². The van der Waals surface area contributed by atoms with E-state index >= 15 is 13.2 Å². The molecule has 0 N–H and O–H groups in total. The lowest BCUT2D eigenvalue weighted by Crippen LogP contribution is -2.11. The third-order valence-electron chi connectivity index (χ3n) is 13.3. The second kappa shape index (κ2) is 19.0. The number of fused-ring (bicyclic) bond motifs is 3. The molecular formula is C65H38F3N7. The number of para-hydroxylation sites is 1. The molecule has 0 saturated carbocycles. The zero-order chi connectivity index (χ0) is 51.0. The first-order chi connectivity index (χ1) is 36.7. The van der Waals surface area contributed by atoms with Crippen LogP contribution >= 0.6 is 0 Å². The SMILES string of the molecule is [C-]#[N+]c1ccccc1-c1ccc2c(c1)c1cc(-c3ccccc3C#N)ccc1n2-c1c(-c2nc(-c3ccccc3)cc(-c3ccccc3)n2)cc(C(F)(F)F)cc1-c1nc(-c2ccccc2)cc(-c2ccccc2)n1. The molecule has 12 rings (SSSR count). The van der Waals surface area contributed by atoms with E-state index in [0.29, 0.717) is 56.3 Å². The van der Waals surface area contributed by atoms with Gasteiger partial charge in [0.1, 0.15) is 0 Å². The van der Waals surface area contributed by atoms with Crippen molar-refractivity contribution in [2.45, 2.75) is 6.18 Å². The van der Waals surface area contributed by atoms with Gasteiger partial charge in [0.05, 0.1) is 63.3 Å². The second-order valence-corrected chi connectivity index (χ2v) is 17.9. The average molecular weight is 974 g/mol. The summed E-state index contributed by atoms with van der Waals surface area (Å²) >= 11 is 0. The predicted molar refractivity (Wildman–Crippen MR) is 291 cm³/mol. The third kappa shape index (κ3) is 8.63. The molecule has 0 amide bonds. The number of rotatable bonds is 9. The number of halogens is 3. The fraction of sp³-hybridized carbons (Fsp3) is 0.0154. The molecule has 7 nitrogen and oxygen atoms in total. The van der Waals surface area contributed by atoms with Crippen molar-refractivity contribution in [1.82, 2.24) is 24.5 Å². The lowest BCUT2D eigenvalue weighted by atomic mass is 9.97. The molecule has 0 bridgehead atoms. The van der Waals surface area contributed by atoms with Gasteiger partial charge in [-0.2, -0.15) is 18.4 Å². The molecular weight excluding hydrogens is 936 g/mol. The highest BCUT2D eigenvalue weighted by Crippen LogP contribution is 2.47. The summed E-state index contributed by atoms with van der Waals surface area (Å²) in [4.78, 5) is 24.5. The van der Waals surface area contributed by atoms with Crippen LogP contribution in [0.5, 0.6) is 0 Å². The lowest BCUT2D eigenvalue weighted by molar-refractivity contribution is -0.137. The van der Waals surface area contributed by atoms with E-state index in [-0.39, 0.29) is 22.8 Å². The van der Waals surface area contributed by atoms with Crippen LogP contribution in [-0.2, 0) is 6.18 Å². The number of aromatic nitrogens is 5. The van der Waals surface area contributed by atoms with Gasteiger partial charge < -0.3 is 4.57 Å². The van der Waals surface area contributed by atoms with E-state index in [1.165, 1.54) is 0 Å². The van der Waals surface area contributed by atoms with Crippen LogP contribution in [0.25, 0.3) is 122 Å². The van der Waals surface area contributed by atoms with Gasteiger partial charge in [-0.3, -0.25) is 0 Å². The lowest BCUT2D eigenvalue weighted by Gasteiger charge is -2.21. The molecule has 3 aromatic heterocycles. The Labute approximate surface area is 429 Å². The Bertz CT molecular complexity index is 3860. The van der Waals surface area contributed by atoms with Crippen LogP contribution in [0.2, 0.25) is 0 Å². The Morgan fingerprint density at radius 1 is 0.413 bits per heavy atom. The molecule has 0 aliphatic carbocycles. The monoisotopic (exact) mass is 973 g/mol. The summed E-state index contributed by atoms with van der Waals surface area (Å²) in [5.41, 5.74) is 9.66. The van der Waals surface area contributed by atoms with Crippen molar-refractivity contribution in [3.05, 3.63) is 253 Å². The van der Waals surface area contributed by atoms with E-state index in [2.05, 4.69) is 10.9 Å². The minimum absolute atomic E-state index is 0.0391. The summed E-state index contributed by atoms with van der Waals surface area (Å²) in [6.45, 7) is 8.05. The molecule has 0 fully saturated rings. The maximum Gasteiger partial charge on any atom is 0.416 e. The van der Waals surface area contributed by atoms with Crippen LogP contribution in [0.3, 0.4) is 0 Å². The van der Waals surface area contributed by atoms with Gasteiger partial charge in [-0.25, -0.2) is 24.8 Å². The molecule has 10 heteroatoms. The molecule has 0 aliphatic heterocycles. The van der Waals surface area contributed by atoms with E-state index < -0.39 is 11.7 Å². The number of hydrogen-bond acceptors (Lipinski definition) is 5. The minimum atomic E-state index is -4.85.